The van der Waals surface area contributed by atoms with Crippen LogP contribution in [0.25, 0.3) is 16.0 Å². The Labute approximate surface area is 212 Å². The van der Waals surface area contributed by atoms with E-state index in [0.29, 0.717) is 27.8 Å². The molecule has 0 unspecified atom stereocenters. The van der Waals surface area contributed by atoms with Crippen molar-refractivity contribution in [3.8, 4) is 11.5 Å². The first-order valence-corrected chi connectivity index (χ1v) is 12.3. The zero-order valence-electron chi connectivity index (χ0n) is 20.0. The second-order valence-electron chi connectivity index (χ2n) is 8.27. The summed E-state index contributed by atoms with van der Waals surface area (Å²) in [6.07, 6.45) is 0.867. The van der Waals surface area contributed by atoms with Gasteiger partial charge in [0.25, 0.3) is 5.78 Å². The number of aromatic nitrogens is 1. The monoisotopic (exact) mass is 500 g/mol. The van der Waals surface area contributed by atoms with E-state index in [1.807, 2.05) is 24.3 Å². The number of carbonyl (C=O) groups is 2. The van der Waals surface area contributed by atoms with Gasteiger partial charge in [-0.15, -0.1) is 0 Å². The van der Waals surface area contributed by atoms with Crippen LogP contribution in [0.4, 0.5) is 5.13 Å². The summed E-state index contributed by atoms with van der Waals surface area (Å²) in [5, 5.41) is 11.7. The van der Waals surface area contributed by atoms with E-state index in [0.717, 1.165) is 22.2 Å². The number of methoxy groups -OCH3 is 2. The quantitative estimate of drug-likeness (QED) is 0.214. The number of anilines is 1. The smallest absolute Gasteiger partial charge is 0.301 e. The van der Waals surface area contributed by atoms with Gasteiger partial charge in [-0.05, 0) is 30.2 Å². The van der Waals surface area contributed by atoms with E-state index in [1.54, 1.807) is 42.5 Å². The number of fused-ring (bicyclic) bond motifs is 1. The van der Waals surface area contributed by atoms with E-state index in [-0.39, 0.29) is 11.3 Å². The molecule has 0 saturated carbocycles. The lowest BCUT2D eigenvalue weighted by atomic mass is 9.94. The van der Waals surface area contributed by atoms with Crippen LogP contribution in [0, 0.1) is 0 Å². The van der Waals surface area contributed by atoms with Gasteiger partial charge in [0.15, 0.2) is 16.6 Å². The highest BCUT2D eigenvalue weighted by Crippen LogP contribution is 2.48. The summed E-state index contributed by atoms with van der Waals surface area (Å²) in [5.41, 5.74) is 2.77. The van der Waals surface area contributed by atoms with Crippen LogP contribution in [0.5, 0.6) is 11.5 Å². The number of para-hydroxylation sites is 1. The molecule has 1 fully saturated rings. The molecule has 1 amide bonds. The number of aryl methyl sites for hydroxylation is 1. The molecule has 1 saturated heterocycles. The normalized spacial score (nSPS) is 17.1. The third kappa shape index (κ3) is 3.79. The molecule has 0 spiro atoms. The van der Waals surface area contributed by atoms with Gasteiger partial charge in [0.1, 0.15) is 11.8 Å². The number of amides is 1. The van der Waals surface area contributed by atoms with Crippen LogP contribution in [0.2, 0.25) is 0 Å². The van der Waals surface area contributed by atoms with Gasteiger partial charge in [0, 0.05) is 11.1 Å². The fourth-order valence-electron chi connectivity index (χ4n) is 4.48. The highest BCUT2D eigenvalue weighted by atomic mass is 32.1. The van der Waals surface area contributed by atoms with E-state index < -0.39 is 17.7 Å². The standard InChI is InChI=1S/C28H24N2O5S/c1-4-16-13-14-19-21(15-16)36-28(29-19)30-23(18-11-8-12-20(34-2)26(18)35-3)22(25(32)27(30)33)24(31)17-9-6-5-7-10-17/h5-15,23,31H,4H2,1-3H3/b24-22+/t23-/m1/s1. The highest BCUT2D eigenvalue weighted by Gasteiger charge is 2.49. The average Bonchev–Trinajstić information content (AvgIpc) is 3.45. The Balaban J connectivity index is 1.78. The van der Waals surface area contributed by atoms with Crippen molar-refractivity contribution in [2.24, 2.45) is 0 Å². The van der Waals surface area contributed by atoms with E-state index in [2.05, 4.69) is 6.92 Å². The summed E-state index contributed by atoms with van der Waals surface area (Å²) in [4.78, 5) is 33.0. The van der Waals surface area contributed by atoms with Gasteiger partial charge >= 0.3 is 5.91 Å². The topological polar surface area (TPSA) is 89.0 Å². The van der Waals surface area contributed by atoms with Crippen molar-refractivity contribution in [1.82, 2.24) is 4.98 Å². The van der Waals surface area contributed by atoms with Gasteiger partial charge in [-0.2, -0.15) is 0 Å². The predicted octanol–water partition coefficient (Wildman–Crippen LogP) is 5.50. The van der Waals surface area contributed by atoms with E-state index in [4.69, 9.17) is 14.5 Å². The number of ketones is 1. The summed E-state index contributed by atoms with van der Waals surface area (Å²) in [7, 11) is 3.01. The molecule has 0 aliphatic carbocycles. The number of aliphatic hydroxyl groups excluding tert-OH is 1. The molecule has 36 heavy (non-hydrogen) atoms. The van der Waals surface area contributed by atoms with Crippen molar-refractivity contribution >= 4 is 44.1 Å². The summed E-state index contributed by atoms with van der Waals surface area (Å²) in [6, 6.07) is 18.9. The molecule has 1 N–H and O–H groups in total. The molecular formula is C28H24N2O5S. The number of nitrogens with zero attached hydrogens (tertiary/aromatic N) is 2. The Morgan fingerprint density at radius 1 is 1.03 bits per heavy atom. The van der Waals surface area contributed by atoms with E-state index >= 15 is 0 Å². The molecule has 3 aromatic carbocycles. The van der Waals surface area contributed by atoms with Crippen molar-refractivity contribution in [1.29, 1.82) is 0 Å². The van der Waals surface area contributed by atoms with Crippen LogP contribution in [-0.2, 0) is 16.0 Å². The first-order chi connectivity index (χ1) is 17.5. The maximum absolute atomic E-state index is 13.5. The average molecular weight is 501 g/mol. The number of rotatable bonds is 6. The molecule has 7 nitrogen and oxygen atoms in total. The Bertz CT molecular complexity index is 1510. The van der Waals surface area contributed by atoms with Crippen LogP contribution < -0.4 is 14.4 Å². The van der Waals surface area contributed by atoms with Crippen molar-refractivity contribution < 1.29 is 24.2 Å². The minimum atomic E-state index is -0.971. The molecule has 1 atom stereocenters. The van der Waals surface area contributed by atoms with E-state index in [1.165, 1.54) is 30.5 Å². The number of aliphatic hydroxyl groups is 1. The minimum absolute atomic E-state index is 0.0359. The number of benzene rings is 3. The molecule has 1 aliphatic rings. The van der Waals surface area contributed by atoms with Gasteiger partial charge in [-0.25, -0.2) is 4.98 Å². The number of Topliss-reactive ketones (excluding diaryl/α,β-unsaturated/α-hetero) is 1. The molecule has 2 heterocycles. The lowest BCUT2D eigenvalue weighted by Gasteiger charge is -2.25. The van der Waals surface area contributed by atoms with Crippen LogP contribution in [0.3, 0.4) is 0 Å². The van der Waals surface area contributed by atoms with Gasteiger partial charge in [0.2, 0.25) is 0 Å². The Kier molecular flexibility index (Phi) is 6.20. The van der Waals surface area contributed by atoms with Gasteiger partial charge in [-0.1, -0.05) is 66.8 Å². The fourth-order valence-corrected chi connectivity index (χ4v) is 5.54. The van der Waals surface area contributed by atoms with Crippen LogP contribution in [0.1, 0.15) is 29.7 Å². The second kappa shape index (κ2) is 9.47. The fraction of sp³-hybridized carbons (Fsp3) is 0.179. The van der Waals surface area contributed by atoms with Crippen molar-refractivity contribution in [2.45, 2.75) is 19.4 Å². The Morgan fingerprint density at radius 3 is 2.50 bits per heavy atom. The number of ether oxygens (including phenoxy) is 2. The van der Waals surface area contributed by atoms with E-state index in [9.17, 15) is 14.7 Å². The molecular weight excluding hydrogens is 476 g/mol. The molecule has 182 valence electrons. The Hall–Kier alpha value is -4.17. The largest absolute Gasteiger partial charge is 0.507 e. The van der Waals surface area contributed by atoms with Crippen molar-refractivity contribution in [2.75, 3.05) is 19.1 Å². The summed E-state index contributed by atoms with van der Waals surface area (Å²) >= 11 is 1.33. The molecule has 8 heteroatoms. The molecule has 0 radical (unpaired) electrons. The van der Waals surface area contributed by atoms with Crippen LogP contribution >= 0.6 is 11.3 Å². The molecule has 4 aromatic rings. The predicted molar refractivity (Wildman–Crippen MR) is 140 cm³/mol. The lowest BCUT2D eigenvalue weighted by Crippen LogP contribution is -2.29. The van der Waals surface area contributed by atoms with Crippen LogP contribution in [-0.4, -0.2) is 36.0 Å². The summed E-state index contributed by atoms with van der Waals surface area (Å²) < 4.78 is 12.1. The summed E-state index contributed by atoms with van der Waals surface area (Å²) in [5.74, 6) is -1.01. The molecule has 1 aromatic heterocycles. The SMILES string of the molecule is CCc1ccc2nc(N3C(=O)C(=O)/C(=C(/O)c4ccccc4)[C@H]3c3cccc(OC)c3OC)sc2c1. The zero-order chi connectivity index (χ0) is 25.4. The summed E-state index contributed by atoms with van der Waals surface area (Å²) in [6.45, 7) is 2.07. The van der Waals surface area contributed by atoms with Crippen molar-refractivity contribution in [3.05, 3.63) is 89.0 Å². The number of hydrogen-bond donors (Lipinski definition) is 1. The lowest BCUT2D eigenvalue weighted by molar-refractivity contribution is -0.132. The van der Waals surface area contributed by atoms with Crippen molar-refractivity contribution in [3.63, 3.8) is 0 Å². The number of carbonyl (C=O) groups excluding carboxylic acids is 2. The first kappa shape index (κ1) is 23.6. The third-order valence-corrected chi connectivity index (χ3v) is 7.29. The van der Waals surface area contributed by atoms with Gasteiger partial charge < -0.3 is 14.6 Å². The number of hydrogen-bond acceptors (Lipinski definition) is 7. The van der Waals surface area contributed by atoms with Gasteiger partial charge in [-0.3, -0.25) is 14.5 Å². The molecule has 0 bridgehead atoms. The molecule has 5 rings (SSSR count). The maximum Gasteiger partial charge on any atom is 0.301 e. The van der Waals surface area contributed by atoms with Gasteiger partial charge in [0.05, 0.1) is 30.0 Å². The van der Waals surface area contributed by atoms with Crippen LogP contribution in [0.15, 0.2) is 72.3 Å². The first-order valence-electron chi connectivity index (χ1n) is 11.4. The highest BCUT2D eigenvalue weighted by molar-refractivity contribution is 7.22. The zero-order valence-corrected chi connectivity index (χ0v) is 20.8. The molecule has 1 aliphatic heterocycles. The minimum Gasteiger partial charge on any atom is -0.507 e. The third-order valence-electron chi connectivity index (χ3n) is 6.28. The number of thiazole rings is 1. The Morgan fingerprint density at radius 2 is 1.81 bits per heavy atom. The maximum atomic E-state index is 13.5. The second-order valence-corrected chi connectivity index (χ2v) is 9.28.